The highest BCUT2D eigenvalue weighted by Crippen LogP contribution is 2.17. The highest BCUT2D eigenvalue weighted by atomic mass is 32.2. The molecular weight excluding hydrogens is 172 g/mol. The first-order valence-electron chi connectivity index (χ1n) is 4.24. The summed E-state index contributed by atoms with van der Waals surface area (Å²) in [6.45, 7) is 4.08. The minimum atomic E-state index is -0.186. The smallest absolute Gasteiger partial charge is 0.0631 e. The quantitative estimate of drug-likeness (QED) is 0.697. The molecule has 1 atom stereocenters. The predicted molar refractivity (Wildman–Crippen MR) is 54.7 cm³/mol. The van der Waals surface area contributed by atoms with Gasteiger partial charge >= 0.3 is 0 Å². The van der Waals surface area contributed by atoms with Crippen LogP contribution in [0.15, 0.2) is 0 Å². The second-order valence-corrected chi connectivity index (χ2v) is 4.52. The molecule has 0 saturated heterocycles. The summed E-state index contributed by atoms with van der Waals surface area (Å²) in [5, 5.41) is 9.43. The molecule has 0 bridgehead atoms. The van der Waals surface area contributed by atoms with Crippen molar-refractivity contribution in [2.24, 2.45) is 0 Å². The van der Waals surface area contributed by atoms with Gasteiger partial charge < -0.3 is 9.84 Å². The molecule has 12 heavy (non-hydrogen) atoms. The summed E-state index contributed by atoms with van der Waals surface area (Å²) in [7, 11) is 1.71. The van der Waals surface area contributed by atoms with Crippen molar-refractivity contribution in [1.82, 2.24) is 0 Å². The summed E-state index contributed by atoms with van der Waals surface area (Å²) in [6.07, 6.45) is 3.55. The van der Waals surface area contributed by atoms with E-state index in [0.717, 1.165) is 18.6 Å². The van der Waals surface area contributed by atoms with Crippen LogP contribution in [0.5, 0.6) is 0 Å². The van der Waals surface area contributed by atoms with Gasteiger partial charge in [-0.2, -0.15) is 11.8 Å². The number of methoxy groups -OCH3 is 1. The molecule has 1 unspecified atom stereocenters. The van der Waals surface area contributed by atoms with Gasteiger partial charge in [0, 0.05) is 12.9 Å². The number of hydrogen-bond donors (Lipinski definition) is 1. The Morgan fingerprint density at radius 2 is 2.08 bits per heavy atom. The van der Waals surface area contributed by atoms with Gasteiger partial charge in [0.15, 0.2) is 0 Å². The van der Waals surface area contributed by atoms with Crippen LogP contribution < -0.4 is 0 Å². The molecule has 0 aromatic carbocycles. The molecule has 0 aromatic rings. The van der Waals surface area contributed by atoms with Crippen molar-refractivity contribution in [1.29, 1.82) is 0 Å². The molecule has 0 aromatic heterocycles. The molecule has 0 spiro atoms. The maximum atomic E-state index is 9.43. The lowest BCUT2D eigenvalue weighted by atomic mass is 10.0. The standard InChI is InChI=1S/C9H20O2S/c1-9(2,11-3)6-5-8(10)7-12-4/h8,10H,5-7H2,1-4H3. The van der Waals surface area contributed by atoms with E-state index in [2.05, 4.69) is 0 Å². The molecular formula is C9H20O2S. The molecule has 0 aliphatic rings. The maximum absolute atomic E-state index is 9.43. The lowest BCUT2D eigenvalue weighted by Gasteiger charge is -2.23. The van der Waals surface area contributed by atoms with Crippen molar-refractivity contribution in [3.05, 3.63) is 0 Å². The van der Waals surface area contributed by atoms with E-state index in [1.54, 1.807) is 18.9 Å². The topological polar surface area (TPSA) is 29.5 Å². The van der Waals surface area contributed by atoms with Crippen LogP contribution in [0.4, 0.5) is 0 Å². The van der Waals surface area contributed by atoms with Crippen LogP contribution >= 0.6 is 11.8 Å². The third-order valence-electron chi connectivity index (χ3n) is 1.99. The van der Waals surface area contributed by atoms with Crippen LogP contribution in [0.3, 0.4) is 0 Å². The fourth-order valence-corrected chi connectivity index (χ4v) is 1.44. The van der Waals surface area contributed by atoms with E-state index in [0.29, 0.717) is 0 Å². The fraction of sp³-hybridized carbons (Fsp3) is 1.00. The normalized spacial score (nSPS) is 14.8. The van der Waals surface area contributed by atoms with Crippen LogP contribution in [0.25, 0.3) is 0 Å². The van der Waals surface area contributed by atoms with Gasteiger partial charge in [-0.1, -0.05) is 0 Å². The SMILES string of the molecule is COC(C)(C)CCC(O)CSC. The average Bonchev–Trinajstić information content (AvgIpc) is 2.02. The van der Waals surface area contributed by atoms with Gasteiger partial charge in [0.2, 0.25) is 0 Å². The van der Waals surface area contributed by atoms with Crippen molar-refractivity contribution in [2.75, 3.05) is 19.1 Å². The fourth-order valence-electron chi connectivity index (χ4n) is 0.892. The Kier molecular flexibility index (Phi) is 5.97. The molecule has 0 radical (unpaired) electrons. The predicted octanol–water partition coefficient (Wildman–Crippen LogP) is 1.92. The third-order valence-corrected chi connectivity index (χ3v) is 2.71. The van der Waals surface area contributed by atoms with E-state index < -0.39 is 0 Å². The van der Waals surface area contributed by atoms with Crippen LogP contribution in [0, 0.1) is 0 Å². The van der Waals surface area contributed by atoms with E-state index in [-0.39, 0.29) is 11.7 Å². The zero-order valence-corrected chi connectivity index (χ0v) is 9.28. The lowest BCUT2D eigenvalue weighted by Crippen LogP contribution is -2.25. The summed E-state index contributed by atoms with van der Waals surface area (Å²) in [6, 6.07) is 0. The van der Waals surface area contributed by atoms with Crippen molar-refractivity contribution in [3.8, 4) is 0 Å². The van der Waals surface area contributed by atoms with Crippen LogP contribution in [0.2, 0.25) is 0 Å². The highest BCUT2D eigenvalue weighted by Gasteiger charge is 2.17. The number of ether oxygens (including phenoxy) is 1. The number of aliphatic hydroxyl groups excluding tert-OH is 1. The zero-order valence-electron chi connectivity index (χ0n) is 8.46. The van der Waals surface area contributed by atoms with E-state index in [1.807, 2.05) is 20.1 Å². The highest BCUT2D eigenvalue weighted by molar-refractivity contribution is 7.98. The minimum Gasteiger partial charge on any atom is -0.392 e. The number of aliphatic hydroxyl groups is 1. The Morgan fingerprint density at radius 1 is 1.50 bits per heavy atom. The summed E-state index contributed by atoms with van der Waals surface area (Å²) in [4.78, 5) is 0. The van der Waals surface area contributed by atoms with Crippen molar-refractivity contribution in [3.63, 3.8) is 0 Å². The zero-order chi connectivity index (χ0) is 9.61. The molecule has 0 saturated carbocycles. The minimum absolute atomic E-state index is 0.0978. The Hall–Kier alpha value is 0.270. The first-order valence-corrected chi connectivity index (χ1v) is 5.63. The van der Waals surface area contributed by atoms with Crippen molar-refractivity contribution < 1.29 is 9.84 Å². The molecule has 0 aliphatic heterocycles. The van der Waals surface area contributed by atoms with Gasteiger partial charge in [0.25, 0.3) is 0 Å². The van der Waals surface area contributed by atoms with E-state index in [1.165, 1.54) is 0 Å². The molecule has 0 rings (SSSR count). The summed E-state index contributed by atoms with van der Waals surface area (Å²) >= 11 is 1.68. The van der Waals surface area contributed by atoms with Crippen LogP contribution in [-0.4, -0.2) is 35.9 Å². The molecule has 0 fully saturated rings. The van der Waals surface area contributed by atoms with Gasteiger partial charge in [0.05, 0.1) is 11.7 Å². The van der Waals surface area contributed by atoms with Gasteiger partial charge in [-0.15, -0.1) is 0 Å². The maximum Gasteiger partial charge on any atom is 0.0631 e. The average molecular weight is 192 g/mol. The lowest BCUT2D eigenvalue weighted by molar-refractivity contribution is 0.00495. The molecule has 0 heterocycles. The first-order chi connectivity index (χ1) is 5.52. The monoisotopic (exact) mass is 192 g/mol. The third kappa shape index (κ3) is 5.86. The van der Waals surface area contributed by atoms with Crippen LogP contribution in [-0.2, 0) is 4.74 Å². The molecule has 2 nitrogen and oxygen atoms in total. The molecule has 3 heteroatoms. The molecule has 74 valence electrons. The number of thioether (sulfide) groups is 1. The Balaban J connectivity index is 3.52. The van der Waals surface area contributed by atoms with E-state index >= 15 is 0 Å². The number of hydrogen-bond acceptors (Lipinski definition) is 3. The van der Waals surface area contributed by atoms with Crippen molar-refractivity contribution in [2.45, 2.75) is 38.4 Å². The van der Waals surface area contributed by atoms with Gasteiger partial charge in [-0.25, -0.2) is 0 Å². The van der Waals surface area contributed by atoms with Crippen molar-refractivity contribution >= 4 is 11.8 Å². The molecule has 0 aliphatic carbocycles. The molecule has 0 amide bonds. The Bertz CT molecular complexity index is 115. The van der Waals surface area contributed by atoms with Gasteiger partial charge in [-0.3, -0.25) is 0 Å². The van der Waals surface area contributed by atoms with Gasteiger partial charge in [0.1, 0.15) is 0 Å². The first kappa shape index (κ1) is 12.3. The van der Waals surface area contributed by atoms with Crippen LogP contribution in [0.1, 0.15) is 26.7 Å². The second kappa shape index (κ2) is 5.84. The Morgan fingerprint density at radius 3 is 2.50 bits per heavy atom. The number of rotatable bonds is 6. The Labute approximate surface area is 79.7 Å². The molecule has 1 N–H and O–H groups in total. The summed E-state index contributed by atoms with van der Waals surface area (Å²) in [5.74, 6) is 0.819. The summed E-state index contributed by atoms with van der Waals surface area (Å²) < 4.78 is 5.25. The largest absolute Gasteiger partial charge is 0.392 e. The second-order valence-electron chi connectivity index (χ2n) is 3.61. The summed E-state index contributed by atoms with van der Waals surface area (Å²) in [5.41, 5.74) is -0.0978. The van der Waals surface area contributed by atoms with E-state index in [9.17, 15) is 5.11 Å². The van der Waals surface area contributed by atoms with Gasteiger partial charge in [-0.05, 0) is 32.9 Å². The van der Waals surface area contributed by atoms with E-state index in [4.69, 9.17) is 4.74 Å².